The van der Waals surface area contributed by atoms with Gasteiger partial charge in [-0.1, -0.05) is 0 Å². The summed E-state index contributed by atoms with van der Waals surface area (Å²) in [5.41, 5.74) is 5.21. The third kappa shape index (κ3) is 4.11. The van der Waals surface area contributed by atoms with Crippen LogP contribution in [0.3, 0.4) is 0 Å². The number of primary amides is 1. The Hall–Kier alpha value is -2.32. The van der Waals surface area contributed by atoms with Gasteiger partial charge in [0.15, 0.2) is 0 Å². The number of anilines is 1. The summed E-state index contributed by atoms with van der Waals surface area (Å²) < 4.78 is 37.5. The zero-order chi connectivity index (χ0) is 15.5. The van der Waals surface area contributed by atoms with Crippen molar-refractivity contribution >= 4 is 17.7 Å². The number of carboxylic acid groups (broad SMARTS) is 1. The van der Waals surface area contributed by atoms with Gasteiger partial charge in [0.05, 0.1) is 5.56 Å². The van der Waals surface area contributed by atoms with Crippen molar-refractivity contribution in [2.24, 2.45) is 5.73 Å². The van der Waals surface area contributed by atoms with Crippen molar-refractivity contribution in [3.63, 3.8) is 0 Å². The normalized spacial score (nSPS) is 11.2. The first-order valence-electron chi connectivity index (χ1n) is 5.40. The van der Waals surface area contributed by atoms with Crippen molar-refractivity contribution in [1.29, 1.82) is 0 Å². The summed E-state index contributed by atoms with van der Waals surface area (Å²) in [6, 6.07) is 1.40. The maximum Gasteiger partial charge on any atom is 0.405 e. The lowest BCUT2D eigenvalue weighted by Gasteiger charge is -2.25. The first kappa shape index (κ1) is 15.7. The number of hydrogen-bond acceptors (Lipinski definition) is 4. The van der Waals surface area contributed by atoms with Gasteiger partial charge >= 0.3 is 12.1 Å². The zero-order valence-corrected chi connectivity index (χ0v) is 10.4. The van der Waals surface area contributed by atoms with Crippen LogP contribution in [0.25, 0.3) is 0 Å². The molecule has 0 radical (unpaired) electrons. The maximum absolute atomic E-state index is 12.5. The molecule has 0 aliphatic carbocycles. The van der Waals surface area contributed by atoms with E-state index in [9.17, 15) is 22.8 Å². The largest absolute Gasteiger partial charge is 0.480 e. The van der Waals surface area contributed by atoms with Gasteiger partial charge in [0.1, 0.15) is 18.9 Å². The molecule has 110 valence electrons. The monoisotopic (exact) mass is 291 g/mol. The van der Waals surface area contributed by atoms with Crippen LogP contribution in [0.15, 0.2) is 12.3 Å². The van der Waals surface area contributed by atoms with Gasteiger partial charge in [0.2, 0.25) is 0 Å². The van der Waals surface area contributed by atoms with E-state index in [1.807, 2.05) is 0 Å². The van der Waals surface area contributed by atoms with E-state index in [2.05, 4.69) is 4.98 Å². The average molecular weight is 291 g/mol. The summed E-state index contributed by atoms with van der Waals surface area (Å²) >= 11 is 0. The minimum absolute atomic E-state index is 0.224. The second kappa shape index (κ2) is 5.76. The SMILES string of the molecule is Cc1ccnc(N(CC(=O)O)CC(F)(F)F)c1C(N)=O. The number of aliphatic carboxylic acids is 1. The number of carbonyl (C=O) groups is 2. The maximum atomic E-state index is 12.5. The van der Waals surface area contributed by atoms with E-state index in [-0.39, 0.29) is 5.56 Å². The van der Waals surface area contributed by atoms with Crippen LogP contribution in [0, 0.1) is 6.92 Å². The van der Waals surface area contributed by atoms with Gasteiger partial charge in [-0.2, -0.15) is 13.2 Å². The number of rotatable bonds is 5. The number of nitrogens with zero attached hydrogens (tertiary/aromatic N) is 2. The summed E-state index contributed by atoms with van der Waals surface area (Å²) in [5, 5.41) is 8.69. The lowest BCUT2D eigenvalue weighted by molar-refractivity contribution is -0.136. The molecule has 6 nitrogen and oxygen atoms in total. The molecule has 0 aliphatic rings. The van der Waals surface area contributed by atoms with Crippen LogP contribution >= 0.6 is 0 Å². The van der Waals surface area contributed by atoms with Gasteiger partial charge < -0.3 is 15.7 Å². The van der Waals surface area contributed by atoms with E-state index in [0.29, 0.717) is 10.5 Å². The van der Waals surface area contributed by atoms with Gasteiger partial charge in [-0.05, 0) is 18.6 Å². The molecule has 20 heavy (non-hydrogen) atoms. The van der Waals surface area contributed by atoms with Crippen LogP contribution < -0.4 is 10.6 Å². The van der Waals surface area contributed by atoms with E-state index in [1.54, 1.807) is 0 Å². The van der Waals surface area contributed by atoms with Gasteiger partial charge in [-0.25, -0.2) is 4.98 Å². The van der Waals surface area contributed by atoms with Crippen molar-refractivity contribution in [1.82, 2.24) is 4.98 Å². The van der Waals surface area contributed by atoms with Crippen molar-refractivity contribution in [3.05, 3.63) is 23.4 Å². The molecule has 1 aromatic rings. The zero-order valence-electron chi connectivity index (χ0n) is 10.4. The lowest BCUT2D eigenvalue weighted by atomic mass is 10.1. The molecule has 0 unspecified atom stereocenters. The number of nitrogens with two attached hydrogens (primary N) is 1. The Morgan fingerprint density at radius 2 is 2.05 bits per heavy atom. The Bertz CT molecular complexity index is 531. The van der Waals surface area contributed by atoms with Crippen LogP contribution in [0.5, 0.6) is 0 Å². The first-order valence-corrected chi connectivity index (χ1v) is 5.40. The molecule has 1 heterocycles. The van der Waals surface area contributed by atoms with Crippen LogP contribution in [0.1, 0.15) is 15.9 Å². The van der Waals surface area contributed by atoms with E-state index < -0.39 is 37.0 Å². The molecule has 1 amide bonds. The molecule has 0 atom stereocenters. The fourth-order valence-corrected chi connectivity index (χ4v) is 1.67. The molecule has 0 bridgehead atoms. The highest BCUT2D eigenvalue weighted by atomic mass is 19.4. The van der Waals surface area contributed by atoms with Crippen LogP contribution in [-0.4, -0.2) is 41.2 Å². The number of aromatic nitrogens is 1. The third-order valence-electron chi connectivity index (χ3n) is 2.38. The lowest BCUT2D eigenvalue weighted by Crippen LogP contribution is -2.39. The van der Waals surface area contributed by atoms with Crippen molar-refractivity contribution in [3.8, 4) is 0 Å². The first-order chi connectivity index (χ1) is 9.11. The van der Waals surface area contributed by atoms with E-state index in [1.165, 1.54) is 19.2 Å². The smallest absolute Gasteiger partial charge is 0.405 e. The molecule has 0 saturated heterocycles. The third-order valence-corrected chi connectivity index (χ3v) is 2.38. The Morgan fingerprint density at radius 3 is 2.50 bits per heavy atom. The minimum atomic E-state index is -4.64. The molecular weight excluding hydrogens is 279 g/mol. The summed E-state index contributed by atoms with van der Waals surface area (Å²) in [4.78, 5) is 26.1. The fourth-order valence-electron chi connectivity index (χ4n) is 1.67. The number of aryl methyl sites for hydroxylation is 1. The standard InChI is InChI=1S/C11H12F3N3O3/c1-6-2-3-16-10(8(6)9(15)20)17(4-7(18)19)5-11(12,13)14/h2-3H,4-5H2,1H3,(H2,15,20)(H,18,19). The molecular formula is C11H12F3N3O3. The molecule has 0 aliphatic heterocycles. The highest BCUT2D eigenvalue weighted by Gasteiger charge is 2.34. The molecule has 1 rings (SSSR count). The van der Waals surface area contributed by atoms with Gasteiger partial charge in [0, 0.05) is 6.20 Å². The Kier molecular flexibility index (Phi) is 4.53. The van der Waals surface area contributed by atoms with Crippen LogP contribution in [0.4, 0.5) is 19.0 Å². The fraction of sp³-hybridized carbons (Fsp3) is 0.364. The highest BCUT2D eigenvalue weighted by molar-refractivity contribution is 5.99. The number of pyridine rings is 1. The molecule has 1 aromatic heterocycles. The number of carboxylic acids is 1. The van der Waals surface area contributed by atoms with E-state index in [0.717, 1.165) is 0 Å². The van der Waals surface area contributed by atoms with Crippen LogP contribution in [0.2, 0.25) is 0 Å². The quantitative estimate of drug-likeness (QED) is 0.841. The molecule has 0 saturated carbocycles. The second-order valence-electron chi connectivity index (χ2n) is 4.06. The summed E-state index contributed by atoms with van der Waals surface area (Å²) in [6.07, 6.45) is -3.46. The van der Waals surface area contributed by atoms with E-state index in [4.69, 9.17) is 10.8 Å². The van der Waals surface area contributed by atoms with Gasteiger partial charge in [-0.3, -0.25) is 9.59 Å². The predicted octanol–water partition coefficient (Wildman–Crippen LogP) is 0.942. The predicted molar refractivity (Wildman–Crippen MR) is 63.4 cm³/mol. The van der Waals surface area contributed by atoms with Crippen molar-refractivity contribution in [2.45, 2.75) is 13.1 Å². The number of halogens is 3. The molecule has 9 heteroatoms. The summed E-state index contributed by atoms with van der Waals surface area (Å²) in [6.45, 7) is -1.02. The van der Waals surface area contributed by atoms with Crippen molar-refractivity contribution in [2.75, 3.05) is 18.0 Å². The second-order valence-corrected chi connectivity index (χ2v) is 4.06. The van der Waals surface area contributed by atoms with Crippen LogP contribution in [-0.2, 0) is 4.79 Å². The minimum Gasteiger partial charge on any atom is -0.480 e. The van der Waals surface area contributed by atoms with Gasteiger partial charge in [0.25, 0.3) is 5.91 Å². The summed E-state index contributed by atoms with van der Waals surface area (Å²) in [7, 11) is 0. The highest BCUT2D eigenvalue weighted by Crippen LogP contribution is 2.25. The summed E-state index contributed by atoms with van der Waals surface area (Å²) in [5.74, 6) is -2.84. The number of carbonyl (C=O) groups excluding carboxylic acids is 1. The molecule has 3 N–H and O–H groups in total. The number of alkyl halides is 3. The number of hydrogen-bond donors (Lipinski definition) is 2. The van der Waals surface area contributed by atoms with E-state index >= 15 is 0 Å². The molecule has 0 fully saturated rings. The molecule has 0 aromatic carbocycles. The van der Waals surface area contributed by atoms with Crippen molar-refractivity contribution < 1.29 is 27.9 Å². The number of amides is 1. The Balaban J connectivity index is 3.30. The Morgan fingerprint density at radius 1 is 1.45 bits per heavy atom. The van der Waals surface area contributed by atoms with Gasteiger partial charge in [-0.15, -0.1) is 0 Å². The topological polar surface area (TPSA) is 96.5 Å². The Labute approximate surface area is 112 Å². The molecule has 0 spiro atoms. The average Bonchev–Trinajstić information content (AvgIpc) is 2.24.